The van der Waals surface area contributed by atoms with Gasteiger partial charge < -0.3 is 10.6 Å². The largest absolute Gasteiger partial charge is 0.397 e. The first-order chi connectivity index (χ1) is 8.95. The summed E-state index contributed by atoms with van der Waals surface area (Å²) >= 11 is 0. The van der Waals surface area contributed by atoms with E-state index in [1.807, 2.05) is 0 Å². The van der Waals surface area contributed by atoms with Gasteiger partial charge >= 0.3 is 0 Å². The minimum atomic E-state index is -3.68. The van der Waals surface area contributed by atoms with Crippen molar-refractivity contribution in [2.24, 2.45) is 17.0 Å². The highest BCUT2D eigenvalue weighted by Crippen LogP contribution is 2.41. The van der Waals surface area contributed by atoms with E-state index in [0.29, 0.717) is 5.69 Å². The number of fused-ring (bicyclic) bond motifs is 1. The fourth-order valence-electron chi connectivity index (χ4n) is 3.43. The topological polar surface area (TPSA) is 89.4 Å². The Kier molecular flexibility index (Phi) is 2.94. The van der Waals surface area contributed by atoms with Crippen molar-refractivity contribution < 1.29 is 8.42 Å². The molecule has 6 heteroatoms. The quantitative estimate of drug-likeness (QED) is 0.796. The highest BCUT2D eigenvalue weighted by atomic mass is 32.2. The molecule has 2 unspecified atom stereocenters. The summed E-state index contributed by atoms with van der Waals surface area (Å²) in [5.41, 5.74) is 7.41. The lowest BCUT2D eigenvalue weighted by Gasteiger charge is -2.21. The number of nitrogens with zero attached hydrogens (tertiary/aromatic N) is 1. The Balaban J connectivity index is 1.86. The third-order valence-electron chi connectivity index (χ3n) is 4.39. The number of benzene rings is 1. The Morgan fingerprint density at radius 3 is 2.32 bits per heavy atom. The van der Waals surface area contributed by atoms with Crippen molar-refractivity contribution in [3.05, 3.63) is 18.2 Å². The van der Waals surface area contributed by atoms with E-state index < -0.39 is 10.0 Å². The van der Waals surface area contributed by atoms with Crippen LogP contribution in [0.1, 0.15) is 19.3 Å². The summed E-state index contributed by atoms with van der Waals surface area (Å²) in [6, 6.07) is 4.77. The van der Waals surface area contributed by atoms with Gasteiger partial charge in [-0.1, -0.05) is 6.42 Å². The molecule has 2 aliphatic rings. The van der Waals surface area contributed by atoms with E-state index in [0.717, 1.165) is 30.6 Å². The SMILES string of the molecule is Nc1cc(S(N)(=O)=O)ccc1N1CC2CCCC2C1. The monoisotopic (exact) mass is 281 g/mol. The molecule has 0 radical (unpaired) electrons. The molecule has 1 aromatic carbocycles. The first kappa shape index (κ1) is 12.7. The summed E-state index contributed by atoms with van der Waals surface area (Å²) in [5.74, 6) is 1.55. The van der Waals surface area contributed by atoms with Crippen LogP contribution in [0.3, 0.4) is 0 Å². The van der Waals surface area contributed by atoms with Crippen LogP contribution in [0.15, 0.2) is 23.1 Å². The highest BCUT2D eigenvalue weighted by Gasteiger charge is 2.36. The lowest BCUT2D eigenvalue weighted by atomic mass is 10.0. The Bertz CT molecular complexity index is 588. The van der Waals surface area contributed by atoms with Gasteiger partial charge in [-0.05, 0) is 42.9 Å². The second kappa shape index (κ2) is 4.38. The number of primary sulfonamides is 1. The molecule has 4 N–H and O–H groups in total. The molecule has 1 saturated heterocycles. The van der Waals surface area contributed by atoms with Gasteiger partial charge in [-0.3, -0.25) is 0 Å². The van der Waals surface area contributed by atoms with Gasteiger partial charge in [-0.25, -0.2) is 13.6 Å². The van der Waals surface area contributed by atoms with E-state index in [1.165, 1.54) is 31.4 Å². The third-order valence-corrected chi connectivity index (χ3v) is 5.31. The van der Waals surface area contributed by atoms with Gasteiger partial charge in [0.1, 0.15) is 0 Å². The predicted octanol–water partition coefficient (Wildman–Crippen LogP) is 1.15. The number of hydrogen-bond donors (Lipinski definition) is 2. The van der Waals surface area contributed by atoms with Gasteiger partial charge in [0.05, 0.1) is 16.3 Å². The van der Waals surface area contributed by atoms with Gasteiger partial charge in [-0.15, -0.1) is 0 Å². The first-order valence-electron chi connectivity index (χ1n) is 6.62. The highest BCUT2D eigenvalue weighted by molar-refractivity contribution is 7.89. The number of nitrogen functional groups attached to an aromatic ring is 1. The van der Waals surface area contributed by atoms with Crippen molar-refractivity contribution >= 4 is 21.4 Å². The van der Waals surface area contributed by atoms with Crippen molar-refractivity contribution in [3.63, 3.8) is 0 Å². The second-order valence-corrected chi connectivity index (χ2v) is 7.18. The Labute approximate surface area is 113 Å². The van der Waals surface area contributed by atoms with E-state index in [1.54, 1.807) is 6.07 Å². The molecule has 19 heavy (non-hydrogen) atoms. The molecular weight excluding hydrogens is 262 g/mol. The average molecular weight is 281 g/mol. The number of nitrogens with two attached hydrogens (primary N) is 2. The van der Waals surface area contributed by atoms with Crippen LogP contribution in [0.5, 0.6) is 0 Å². The molecule has 2 fully saturated rings. The van der Waals surface area contributed by atoms with Crippen LogP contribution in [0, 0.1) is 11.8 Å². The second-order valence-electron chi connectivity index (χ2n) is 5.62. The maximum atomic E-state index is 11.3. The predicted molar refractivity (Wildman–Crippen MR) is 75.3 cm³/mol. The van der Waals surface area contributed by atoms with Crippen LogP contribution in [-0.4, -0.2) is 21.5 Å². The zero-order valence-corrected chi connectivity index (χ0v) is 11.6. The van der Waals surface area contributed by atoms with Gasteiger partial charge in [0.2, 0.25) is 10.0 Å². The molecule has 3 rings (SSSR count). The zero-order valence-electron chi connectivity index (χ0n) is 10.7. The fourth-order valence-corrected chi connectivity index (χ4v) is 3.98. The van der Waals surface area contributed by atoms with Crippen molar-refractivity contribution in [1.82, 2.24) is 0 Å². The summed E-state index contributed by atoms with van der Waals surface area (Å²) in [4.78, 5) is 2.35. The molecule has 1 aromatic rings. The maximum Gasteiger partial charge on any atom is 0.238 e. The summed E-state index contributed by atoms with van der Waals surface area (Å²) in [5, 5.41) is 5.11. The van der Waals surface area contributed by atoms with E-state index in [2.05, 4.69) is 4.90 Å². The van der Waals surface area contributed by atoms with E-state index in [-0.39, 0.29) is 4.90 Å². The molecule has 2 atom stereocenters. The molecule has 0 bridgehead atoms. The zero-order chi connectivity index (χ0) is 13.6. The van der Waals surface area contributed by atoms with Crippen molar-refractivity contribution in [2.45, 2.75) is 24.2 Å². The number of anilines is 2. The van der Waals surface area contributed by atoms with Gasteiger partial charge in [0.15, 0.2) is 0 Å². The Morgan fingerprint density at radius 1 is 1.16 bits per heavy atom. The summed E-state index contributed by atoms with van der Waals surface area (Å²) in [6.07, 6.45) is 3.94. The Morgan fingerprint density at radius 2 is 1.79 bits per heavy atom. The lowest BCUT2D eigenvalue weighted by molar-refractivity contribution is 0.494. The first-order valence-corrected chi connectivity index (χ1v) is 8.17. The average Bonchev–Trinajstić information content (AvgIpc) is 2.87. The van der Waals surface area contributed by atoms with E-state index in [4.69, 9.17) is 10.9 Å². The maximum absolute atomic E-state index is 11.3. The molecule has 1 heterocycles. The fraction of sp³-hybridized carbons (Fsp3) is 0.538. The smallest absolute Gasteiger partial charge is 0.238 e. The molecule has 0 aromatic heterocycles. The van der Waals surface area contributed by atoms with Crippen LogP contribution in [0.25, 0.3) is 0 Å². The van der Waals surface area contributed by atoms with E-state index >= 15 is 0 Å². The van der Waals surface area contributed by atoms with Crippen molar-refractivity contribution in [3.8, 4) is 0 Å². The normalized spacial score (nSPS) is 26.7. The van der Waals surface area contributed by atoms with Crippen LogP contribution in [0.2, 0.25) is 0 Å². The van der Waals surface area contributed by atoms with Gasteiger partial charge in [0.25, 0.3) is 0 Å². The third kappa shape index (κ3) is 2.30. The van der Waals surface area contributed by atoms with Crippen LogP contribution < -0.4 is 15.8 Å². The van der Waals surface area contributed by atoms with Crippen molar-refractivity contribution in [2.75, 3.05) is 23.7 Å². The standard InChI is InChI=1S/C13H19N3O2S/c14-12-6-11(19(15,17)18)4-5-13(12)16-7-9-2-1-3-10(9)8-16/h4-6,9-10H,1-3,7-8,14H2,(H2,15,17,18). The molecule has 1 aliphatic heterocycles. The Hall–Kier alpha value is -1.27. The van der Waals surface area contributed by atoms with Gasteiger partial charge in [-0.2, -0.15) is 0 Å². The molecule has 1 aliphatic carbocycles. The number of sulfonamides is 1. The molecule has 5 nitrogen and oxygen atoms in total. The summed E-state index contributed by atoms with van der Waals surface area (Å²) in [6.45, 7) is 2.06. The number of rotatable bonds is 2. The van der Waals surface area contributed by atoms with Crippen molar-refractivity contribution in [1.29, 1.82) is 0 Å². The minimum Gasteiger partial charge on any atom is -0.397 e. The van der Waals surface area contributed by atoms with Crippen LogP contribution >= 0.6 is 0 Å². The molecule has 0 spiro atoms. The summed E-state index contributed by atoms with van der Waals surface area (Å²) < 4.78 is 22.6. The molecule has 0 amide bonds. The molecule has 1 saturated carbocycles. The molecule has 104 valence electrons. The summed E-state index contributed by atoms with van der Waals surface area (Å²) in [7, 11) is -3.68. The van der Waals surface area contributed by atoms with Gasteiger partial charge in [0, 0.05) is 13.1 Å². The van der Waals surface area contributed by atoms with Crippen LogP contribution in [0.4, 0.5) is 11.4 Å². The minimum absolute atomic E-state index is 0.0770. The lowest BCUT2D eigenvalue weighted by Crippen LogP contribution is -2.22. The molecular formula is C13H19N3O2S. The van der Waals surface area contributed by atoms with E-state index in [9.17, 15) is 8.42 Å². The van der Waals surface area contributed by atoms with Crippen LogP contribution in [-0.2, 0) is 10.0 Å². The number of hydrogen-bond acceptors (Lipinski definition) is 4.